The van der Waals surface area contributed by atoms with E-state index >= 15 is 0 Å². The van der Waals surface area contributed by atoms with Crippen LogP contribution >= 0.6 is 11.6 Å². The Morgan fingerprint density at radius 3 is 1.89 bits per heavy atom. The van der Waals surface area contributed by atoms with Crippen LogP contribution in [0.4, 0.5) is 0 Å². The van der Waals surface area contributed by atoms with Crippen molar-refractivity contribution in [3.05, 3.63) is 66.2 Å². The van der Waals surface area contributed by atoms with Crippen LogP contribution in [0.25, 0.3) is 0 Å². The first-order chi connectivity index (χ1) is 9.03. The fraction of sp³-hybridized carbons (Fsp3) is 0.0714. The van der Waals surface area contributed by atoms with Crippen LogP contribution in [-0.2, 0) is 9.84 Å². The average molecular weight is 295 g/mol. The first kappa shape index (κ1) is 13.8. The van der Waals surface area contributed by atoms with Gasteiger partial charge in [-0.2, -0.15) is 0 Å². The van der Waals surface area contributed by atoms with Gasteiger partial charge in [0.05, 0.1) is 4.90 Å². The van der Waals surface area contributed by atoms with Gasteiger partial charge >= 0.3 is 0 Å². The molecule has 5 heteroatoms. The fourth-order valence-corrected chi connectivity index (χ4v) is 3.23. The third-order valence-corrected chi connectivity index (χ3v) is 5.20. The predicted octanol–water partition coefficient (Wildman–Crippen LogP) is 2.91. The molecule has 0 bridgehead atoms. The molecule has 2 aromatic carbocycles. The number of halogens is 1. The van der Waals surface area contributed by atoms with Crippen molar-refractivity contribution in [1.82, 2.24) is 0 Å². The van der Waals surface area contributed by atoms with Gasteiger partial charge in [0, 0.05) is 5.56 Å². The SMILES string of the molecule is O=C(c1ccccc1)[C@@H](Cl)S(=O)(=O)c1ccccc1. The van der Waals surface area contributed by atoms with Gasteiger partial charge < -0.3 is 0 Å². The number of hydrogen-bond donors (Lipinski definition) is 0. The van der Waals surface area contributed by atoms with E-state index in [1.54, 1.807) is 36.4 Å². The van der Waals surface area contributed by atoms with Gasteiger partial charge in [0.15, 0.2) is 5.78 Å². The zero-order chi connectivity index (χ0) is 13.9. The third kappa shape index (κ3) is 2.85. The second-order valence-electron chi connectivity index (χ2n) is 3.90. The van der Waals surface area contributed by atoms with Crippen LogP contribution in [0.15, 0.2) is 65.6 Å². The van der Waals surface area contributed by atoms with Crippen LogP contribution < -0.4 is 0 Å². The summed E-state index contributed by atoms with van der Waals surface area (Å²) in [6.07, 6.45) is 0. The minimum absolute atomic E-state index is 0.0410. The van der Waals surface area contributed by atoms with Crippen molar-refractivity contribution >= 4 is 27.2 Å². The molecule has 3 nitrogen and oxygen atoms in total. The first-order valence-corrected chi connectivity index (χ1v) is 7.54. The number of rotatable bonds is 4. The average Bonchev–Trinajstić information content (AvgIpc) is 2.47. The van der Waals surface area contributed by atoms with Crippen molar-refractivity contribution in [3.63, 3.8) is 0 Å². The Bertz CT molecular complexity index is 666. The molecule has 0 N–H and O–H groups in total. The summed E-state index contributed by atoms with van der Waals surface area (Å²) in [6, 6.07) is 15.8. The molecule has 0 saturated carbocycles. The van der Waals surface area contributed by atoms with E-state index in [0.717, 1.165) is 0 Å². The van der Waals surface area contributed by atoms with Gasteiger partial charge in [-0.1, -0.05) is 60.1 Å². The van der Waals surface area contributed by atoms with Crippen molar-refractivity contribution in [3.8, 4) is 0 Å². The Hall–Kier alpha value is -1.65. The molecule has 1 atom stereocenters. The molecule has 0 saturated heterocycles. The Morgan fingerprint density at radius 2 is 1.37 bits per heavy atom. The lowest BCUT2D eigenvalue weighted by Crippen LogP contribution is -2.25. The van der Waals surface area contributed by atoms with Crippen molar-refractivity contribution in [2.24, 2.45) is 0 Å². The maximum Gasteiger partial charge on any atom is 0.202 e. The molecule has 0 aliphatic heterocycles. The van der Waals surface area contributed by atoms with E-state index in [2.05, 4.69) is 0 Å². The summed E-state index contributed by atoms with van der Waals surface area (Å²) < 4.78 is 22.8. The molecule has 0 aromatic heterocycles. The minimum atomic E-state index is -3.87. The zero-order valence-corrected chi connectivity index (χ0v) is 11.4. The molecule has 2 rings (SSSR count). The van der Waals surface area contributed by atoms with Crippen LogP contribution in [0, 0.1) is 0 Å². The van der Waals surface area contributed by atoms with E-state index in [0.29, 0.717) is 0 Å². The molecule has 0 aliphatic rings. The second-order valence-corrected chi connectivity index (χ2v) is 6.63. The normalized spacial score (nSPS) is 12.9. The molecule has 2 aromatic rings. The Labute approximate surface area is 116 Å². The molecule has 0 spiro atoms. The lowest BCUT2D eigenvalue weighted by Gasteiger charge is -2.10. The van der Waals surface area contributed by atoms with E-state index in [4.69, 9.17) is 11.6 Å². The van der Waals surface area contributed by atoms with Gasteiger partial charge in [-0.15, -0.1) is 0 Å². The van der Waals surface area contributed by atoms with E-state index < -0.39 is 20.3 Å². The standard InChI is InChI=1S/C14H11ClO3S/c15-14(13(16)11-7-3-1-4-8-11)19(17,18)12-9-5-2-6-10-12/h1-10,14H/t14-/m0/s1. The number of carbonyl (C=O) groups is 1. The molecular formula is C14H11ClO3S. The number of carbonyl (C=O) groups excluding carboxylic acids is 1. The highest BCUT2D eigenvalue weighted by Crippen LogP contribution is 2.22. The van der Waals surface area contributed by atoms with Crippen molar-refractivity contribution in [1.29, 1.82) is 0 Å². The molecule has 0 aliphatic carbocycles. The number of alkyl halides is 1. The smallest absolute Gasteiger partial charge is 0.202 e. The summed E-state index contributed by atoms with van der Waals surface area (Å²) >= 11 is 5.85. The monoisotopic (exact) mass is 294 g/mol. The number of hydrogen-bond acceptors (Lipinski definition) is 3. The van der Waals surface area contributed by atoms with Gasteiger partial charge in [0.2, 0.25) is 14.5 Å². The van der Waals surface area contributed by atoms with E-state index in [1.165, 1.54) is 24.3 Å². The molecule has 0 heterocycles. The van der Waals surface area contributed by atoms with Crippen molar-refractivity contribution < 1.29 is 13.2 Å². The molecule has 0 amide bonds. The molecule has 98 valence electrons. The highest BCUT2D eigenvalue weighted by atomic mass is 35.5. The summed E-state index contributed by atoms with van der Waals surface area (Å²) in [5.74, 6) is -0.619. The van der Waals surface area contributed by atoms with Crippen molar-refractivity contribution in [2.45, 2.75) is 9.60 Å². The summed E-state index contributed by atoms with van der Waals surface area (Å²) in [7, 11) is -3.87. The van der Waals surface area contributed by atoms with E-state index in [-0.39, 0.29) is 10.5 Å². The van der Waals surface area contributed by atoms with Crippen LogP contribution in [0.5, 0.6) is 0 Å². The first-order valence-electron chi connectivity index (χ1n) is 5.56. The summed E-state index contributed by atoms with van der Waals surface area (Å²) in [5.41, 5.74) is 0.280. The number of Topliss-reactive ketones (excluding diaryl/α,β-unsaturated/α-hetero) is 1. The van der Waals surface area contributed by atoms with Gasteiger partial charge in [-0.25, -0.2) is 8.42 Å². The third-order valence-electron chi connectivity index (χ3n) is 2.61. The van der Waals surface area contributed by atoms with Crippen LogP contribution in [0.2, 0.25) is 0 Å². The topological polar surface area (TPSA) is 51.2 Å². The number of benzene rings is 2. The van der Waals surface area contributed by atoms with Crippen LogP contribution in [0.3, 0.4) is 0 Å². The molecule has 19 heavy (non-hydrogen) atoms. The summed E-state index contributed by atoms with van der Waals surface area (Å²) in [6.45, 7) is 0. The van der Waals surface area contributed by atoms with Crippen molar-refractivity contribution in [2.75, 3.05) is 0 Å². The second kappa shape index (κ2) is 5.55. The van der Waals surface area contributed by atoms with Gasteiger partial charge in [0.25, 0.3) is 0 Å². The molecule has 0 radical (unpaired) electrons. The quantitative estimate of drug-likeness (QED) is 0.643. The lowest BCUT2D eigenvalue weighted by atomic mass is 10.1. The van der Waals surface area contributed by atoms with Crippen LogP contribution in [-0.4, -0.2) is 18.9 Å². The van der Waals surface area contributed by atoms with E-state index in [1.807, 2.05) is 0 Å². The van der Waals surface area contributed by atoms with Crippen LogP contribution in [0.1, 0.15) is 10.4 Å². The zero-order valence-electron chi connectivity index (χ0n) is 9.86. The maximum absolute atomic E-state index is 12.2. The molecule has 0 unspecified atom stereocenters. The highest BCUT2D eigenvalue weighted by molar-refractivity contribution is 7.94. The Balaban J connectivity index is 2.35. The summed E-state index contributed by atoms with van der Waals surface area (Å²) in [4.78, 5) is 12.1. The maximum atomic E-state index is 12.2. The lowest BCUT2D eigenvalue weighted by molar-refractivity contribution is 0.101. The van der Waals surface area contributed by atoms with E-state index in [9.17, 15) is 13.2 Å². The van der Waals surface area contributed by atoms with Gasteiger partial charge in [-0.3, -0.25) is 4.79 Å². The number of sulfone groups is 1. The Kier molecular flexibility index (Phi) is 4.02. The number of ketones is 1. The van der Waals surface area contributed by atoms with Gasteiger partial charge in [-0.05, 0) is 12.1 Å². The fourth-order valence-electron chi connectivity index (χ4n) is 1.60. The Morgan fingerprint density at radius 1 is 0.895 bits per heavy atom. The summed E-state index contributed by atoms with van der Waals surface area (Å²) in [5, 5.41) is 0. The molecular weight excluding hydrogens is 284 g/mol. The molecule has 0 fully saturated rings. The predicted molar refractivity (Wildman–Crippen MR) is 74.0 cm³/mol. The highest BCUT2D eigenvalue weighted by Gasteiger charge is 2.32. The minimum Gasteiger partial charge on any atom is -0.291 e. The van der Waals surface area contributed by atoms with Gasteiger partial charge in [0.1, 0.15) is 0 Å². The largest absolute Gasteiger partial charge is 0.291 e.